The molecule has 0 bridgehead atoms. The van der Waals surface area contributed by atoms with E-state index in [2.05, 4.69) is 21.1 Å². The van der Waals surface area contributed by atoms with Gasteiger partial charge < -0.3 is 10.2 Å². The zero-order chi connectivity index (χ0) is 20.9. The van der Waals surface area contributed by atoms with Crippen molar-refractivity contribution in [3.05, 3.63) is 83.9 Å². The van der Waals surface area contributed by atoms with Gasteiger partial charge in [0.25, 0.3) is 0 Å². The summed E-state index contributed by atoms with van der Waals surface area (Å²) in [5, 5.41) is 31.4. The summed E-state index contributed by atoms with van der Waals surface area (Å²) < 4.78 is 0. The molecule has 7 heteroatoms. The summed E-state index contributed by atoms with van der Waals surface area (Å²) >= 11 is 0. The zero-order valence-electron chi connectivity index (χ0n) is 15.8. The Labute approximate surface area is 172 Å². The van der Waals surface area contributed by atoms with Crippen LogP contribution in [-0.4, -0.2) is 28.7 Å². The molecule has 0 aliphatic heterocycles. The first-order valence-corrected chi connectivity index (χ1v) is 9.17. The first-order chi connectivity index (χ1) is 14.6. The van der Waals surface area contributed by atoms with Crippen molar-refractivity contribution in [1.29, 1.82) is 0 Å². The first-order valence-electron chi connectivity index (χ1n) is 9.17. The van der Waals surface area contributed by atoms with Crippen molar-refractivity contribution in [1.82, 2.24) is 10.9 Å². The zero-order valence-corrected chi connectivity index (χ0v) is 15.8. The van der Waals surface area contributed by atoms with E-state index in [1.165, 1.54) is 12.4 Å². The minimum Gasteiger partial charge on any atom is -0.507 e. The van der Waals surface area contributed by atoms with Crippen molar-refractivity contribution in [2.75, 3.05) is 0 Å². The number of urea groups is 1. The van der Waals surface area contributed by atoms with Crippen molar-refractivity contribution in [2.24, 2.45) is 10.2 Å². The predicted octanol–water partition coefficient (Wildman–Crippen LogP) is 4.07. The van der Waals surface area contributed by atoms with Gasteiger partial charge in [0.1, 0.15) is 11.5 Å². The Hall–Kier alpha value is -4.39. The molecule has 4 aromatic rings. The lowest BCUT2D eigenvalue weighted by molar-refractivity contribution is 0.242. The van der Waals surface area contributed by atoms with E-state index in [1.807, 2.05) is 48.5 Å². The van der Waals surface area contributed by atoms with Crippen molar-refractivity contribution in [3.8, 4) is 11.5 Å². The summed E-state index contributed by atoms with van der Waals surface area (Å²) in [7, 11) is 0. The van der Waals surface area contributed by atoms with Crippen LogP contribution in [0.1, 0.15) is 11.1 Å². The first kappa shape index (κ1) is 18.9. The van der Waals surface area contributed by atoms with Gasteiger partial charge in [-0.2, -0.15) is 10.2 Å². The number of hydrogen-bond donors (Lipinski definition) is 4. The van der Waals surface area contributed by atoms with E-state index in [0.29, 0.717) is 11.1 Å². The van der Waals surface area contributed by atoms with E-state index in [-0.39, 0.29) is 11.5 Å². The second-order valence-electron chi connectivity index (χ2n) is 6.51. The van der Waals surface area contributed by atoms with E-state index in [1.54, 1.807) is 24.3 Å². The second kappa shape index (κ2) is 8.32. The third-order valence-electron chi connectivity index (χ3n) is 4.61. The van der Waals surface area contributed by atoms with Gasteiger partial charge in [0.15, 0.2) is 0 Å². The fourth-order valence-electron chi connectivity index (χ4n) is 3.18. The number of nitrogens with zero attached hydrogens (tertiary/aromatic N) is 2. The molecule has 0 fully saturated rings. The van der Waals surface area contributed by atoms with E-state index >= 15 is 0 Å². The highest BCUT2D eigenvalue weighted by Crippen LogP contribution is 2.26. The van der Waals surface area contributed by atoms with Gasteiger partial charge >= 0.3 is 6.03 Å². The van der Waals surface area contributed by atoms with Crippen molar-refractivity contribution in [2.45, 2.75) is 0 Å². The maximum absolute atomic E-state index is 11.9. The molecule has 0 heterocycles. The van der Waals surface area contributed by atoms with Crippen LogP contribution in [0.4, 0.5) is 4.79 Å². The van der Waals surface area contributed by atoms with Crippen LogP contribution in [0.15, 0.2) is 83.0 Å². The minimum absolute atomic E-state index is 0.0594. The Morgan fingerprint density at radius 1 is 0.667 bits per heavy atom. The Kier molecular flexibility index (Phi) is 5.25. The molecule has 0 unspecified atom stereocenters. The van der Waals surface area contributed by atoms with Gasteiger partial charge in [-0.15, -0.1) is 0 Å². The topological polar surface area (TPSA) is 106 Å². The molecule has 7 nitrogen and oxygen atoms in total. The largest absolute Gasteiger partial charge is 0.507 e. The number of carbonyl (C=O) groups is 1. The quantitative estimate of drug-likeness (QED) is 0.307. The number of benzene rings is 4. The van der Waals surface area contributed by atoms with Gasteiger partial charge in [-0.3, -0.25) is 0 Å². The Morgan fingerprint density at radius 2 is 1.10 bits per heavy atom. The predicted molar refractivity (Wildman–Crippen MR) is 118 cm³/mol. The van der Waals surface area contributed by atoms with Crippen LogP contribution >= 0.6 is 0 Å². The van der Waals surface area contributed by atoms with Crippen LogP contribution in [0.3, 0.4) is 0 Å². The molecule has 4 N–H and O–H groups in total. The number of carbonyl (C=O) groups excluding carboxylic acids is 1. The minimum atomic E-state index is -0.665. The van der Waals surface area contributed by atoms with Gasteiger partial charge in [0.05, 0.1) is 12.4 Å². The molecular weight excluding hydrogens is 380 g/mol. The van der Waals surface area contributed by atoms with Crippen molar-refractivity contribution >= 4 is 40.0 Å². The van der Waals surface area contributed by atoms with E-state index in [0.717, 1.165) is 21.5 Å². The monoisotopic (exact) mass is 398 g/mol. The number of amides is 2. The van der Waals surface area contributed by atoms with Gasteiger partial charge in [0.2, 0.25) is 0 Å². The number of phenolic OH excluding ortho intramolecular Hbond substituents is 2. The number of aromatic hydroxyl groups is 2. The maximum Gasteiger partial charge on any atom is 0.355 e. The molecule has 0 aliphatic rings. The van der Waals surface area contributed by atoms with Crippen LogP contribution in [0.5, 0.6) is 11.5 Å². The Balaban J connectivity index is 1.44. The molecule has 0 aromatic heterocycles. The SMILES string of the molecule is O=C(N/N=C\c1c(O)ccc2ccccc12)N/N=C\c1c(O)ccc2ccccc12. The molecule has 0 atom stereocenters. The molecule has 0 radical (unpaired) electrons. The third-order valence-corrected chi connectivity index (χ3v) is 4.61. The second-order valence-corrected chi connectivity index (χ2v) is 6.51. The van der Waals surface area contributed by atoms with Crippen LogP contribution in [-0.2, 0) is 0 Å². The third kappa shape index (κ3) is 3.90. The fraction of sp³-hybridized carbons (Fsp3) is 0. The summed E-state index contributed by atoms with van der Waals surface area (Å²) in [5.41, 5.74) is 5.58. The molecule has 148 valence electrons. The average Bonchev–Trinajstić information content (AvgIpc) is 2.77. The number of fused-ring (bicyclic) bond motifs is 2. The molecule has 0 aliphatic carbocycles. The number of hydrazone groups is 2. The highest BCUT2D eigenvalue weighted by atomic mass is 16.3. The standard InChI is InChI=1S/C23H18N4O3/c28-21-11-9-15-5-1-3-7-17(15)19(21)13-24-26-23(30)27-25-14-20-18-8-4-2-6-16(18)10-12-22(20)29/h1-14,28-29H,(H2,26,27,30)/b24-13-,25-14-. The molecule has 4 rings (SSSR count). The van der Waals surface area contributed by atoms with E-state index in [4.69, 9.17) is 0 Å². The lowest BCUT2D eigenvalue weighted by Gasteiger charge is -2.05. The van der Waals surface area contributed by atoms with E-state index < -0.39 is 6.03 Å². The molecule has 2 amide bonds. The fourth-order valence-corrected chi connectivity index (χ4v) is 3.18. The highest BCUT2D eigenvalue weighted by molar-refractivity contribution is 6.03. The molecule has 30 heavy (non-hydrogen) atoms. The smallest absolute Gasteiger partial charge is 0.355 e. The lowest BCUT2D eigenvalue weighted by atomic mass is 10.0. The van der Waals surface area contributed by atoms with E-state index in [9.17, 15) is 15.0 Å². The van der Waals surface area contributed by atoms with Gasteiger partial charge in [-0.1, -0.05) is 60.7 Å². The number of rotatable bonds is 4. The molecule has 4 aromatic carbocycles. The summed E-state index contributed by atoms with van der Waals surface area (Å²) in [4.78, 5) is 11.9. The van der Waals surface area contributed by atoms with Gasteiger partial charge in [0, 0.05) is 11.1 Å². The molecular formula is C23H18N4O3. The number of nitrogens with one attached hydrogen (secondary N) is 2. The Morgan fingerprint density at radius 3 is 1.57 bits per heavy atom. The van der Waals surface area contributed by atoms with Crippen molar-refractivity contribution in [3.63, 3.8) is 0 Å². The van der Waals surface area contributed by atoms with Crippen LogP contribution < -0.4 is 10.9 Å². The summed E-state index contributed by atoms with van der Waals surface area (Å²) in [6.45, 7) is 0. The summed E-state index contributed by atoms with van der Waals surface area (Å²) in [6, 6.07) is 21.2. The number of phenols is 2. The van der Waals surface area contributed by atoms with Crippen LogP contribution in [0.2, 0.25) is 0 Å². The lowest BCUT2D eigenvalue weighted by Crippen LogP contribution is -2.28. The number of hydrogen-bond acceptors (Lipinski definition) is 5. The van der Waals surface area contributed by atoms with Gasteiger partial charge in [-0.25, -0.2) is 15.6 Å². The van der Waals surface area contributed by atoms with Crippen LogP contribution in [0.25, 0.3) is 21.5 Å². The van der Waals surface area contributed by atoms with Gasteiger partial charge in [-0.05, 0) is 33.7 Å². The molecule has 0 saturated carbocycles. The molecule has 0 saturated heterocycles. The summed E-state index contributed by atoms with van der Waals surface area (Å²) in [6.07, 6.45) is 2.75. The maximum atomic E-state index is 11.9. The van der Waals surface area contributed by atoms with Crippen LogP contribution in [0, 0.1) is 0 Å². The normalized spacial score (nSPS) is 11.5. The summed E-state index contributed by atoms with van der Waals surface area (Å²) in [5.74, 6) is 0.119. The highest BCUT2D eigenvalue weighted by Gasteiger charge is 2.06. The average molecular weight is 398 g/mol. The van der Waals surface area contributed by atoms with Crippen molar-refractivity contribution < 1.29 is 15.0 Å². The molecule has 0 spiro atoms. The Bertz CT molecular complexity index is 1200.